The highest BCUT2D eigenvalue weighted by molar-refractivity contribution is 6.11. The Hall–Kier alpha value is -2.94. The fourth-order valence-corrected chi connectivity index (χ4v) is 2.53. The first-order valence-electron chi connectivity index (χ1n) is 8.00. The lowest BCUT2D eigenvalue weighted by Crippen LogP contribution is -2.36. The number of nitriles is 1. The summed E-state index contributed by atoms with van der Waals surface area (Å²) in [6.07, 6.45) is 2.81. The van der Waals surface area contributed by atoms with Crippen LogP contribution in [0.4, 0.5) is 0 Å². The van der Waals surface area contributed by atoms with E-state index in [-0.39, 0.29) is 5.69 Å². The van der Waals surface area contributed by atoms with Gasteiger partial charge in [0.15, 0.2) is 5.92 Å². The smallest absolute Gasteiger partial charge is 0.245 e. The van der Waals surface area contributed by atoms with E-state index in [1.54, 1.807) is 12.1 Å². The highest BCUT2D eigenvalue weighted by Gasteiger charge is 2.31. The zero-order valence-electron chi connectivity index (χ0n) is 13.2. The van der Waals surface area contributed by atoms with Gasteiger partial charge in [-0.05, 0) is 30.9 Å². The van der Waals surface area contributed by atoms with Gasteiger partial charge in [0.25, 0.3) is 0 Å². The minimum Gasteiger partial charge on any atom is -0.354 e. The van der Waals surface area contributed by atoms with Gasteiger partial charge in [-0.3, -0.25) is 14.7 Å². The summed E-state index contributed by atoms with van der Waals surface area (Å²) in [4.78, 5) is 24.5. The first-order chi connectivity index (χ1) is 11.7. The molecule has 1 aromatic heterocycles. The summed E-state index contributed by atoms with van der Waals surface area (Å²) in [5.74, 6) is -2.07. The average Bonchev–Trinajstić information content (AvgIpc) is 3.33. The molecular formula is C18H18N4O2. The lowest BCUT2D eigenvalue weighted by molar-refractivity contribution is -0.122. The summed E-state index contributed by atoms with van der Waals surface area (Å²) in [6, 6.07) is 13.1. The van der Waals surface area contributed by atoms with E-state index in [0.717, 1.165) is 24.1 Å². The molecule has 3 rings (SSSR count). The van der Waals surface area contributed by atoms with Crippen molar-refractivity contribution in [1.29, 1.82) is 5.26 Å². The highest BCUT2D eigenvalue weighted by Crippen LogP contribution is 2.39. The molecule has 0 bridgehead atoms. The summed E-state index contributed by atoms with van der Waals surface area (Å²) in [5, 5.41) is 18.6. The van der Waals surface area contributed by atoms with Crippen LogP contribution >= 0.6 is 0 Å². The number of aromatic amines is 1. The molecule has 0 radical (unpaired) electrons. The second kappa shape index (κ2) is 7.09. The number of nitrogens with one attached hydrogen (secondary N) is 2. The minimum atomic E-state index is -1.36. The Morgan fingerprint density at radius 1 is 1.33 bits per heavy atom. The first-order valence-corrected chi connectivity index (χ1v) is 8.00. The van der Waals surface area contributed by atoms with Gasteiger partial charge in [0.05, 0.1) is 6.07 Å². The van der Waals surface area contributed by atoms with Crippen molar-refractivity contribution in [3.8, 4) is 6.07 Å². The van der Waals surface area contributed by atoms with Crippen molar-refractivity contribution in [2.24, 2.45) is 5.92 Å². The molecule has 1 fully saturated rings. The molecule has 24 heavy (non-hydrogen) atoms. The zero-order valence-corrected chi connectivity index (χ0v) is 13.2. The predicted octanol–water partition coefficient (Wildman–Crippen LogP) is 1.97. The van der Waals surface area contributed by atoms with Crippen LogP contribution in [0, 0.1) is 17.2 Å². The van der Waals surface area contributed by atoms with Gasteiger partial charge in [0, 0.05) is 18.2 Å². The van der Waals surface area contributed by atoms with Crippen molar-refractivity contribution < 1.29 is 9.59 Å². The third-order valence-corrected chi connectivity index (χ3v) is 4.08. The number of carbonyl (C=O) groups is 2. The molecule has 122 valence electrons. The van der Waals surface area contributed by atoms with Crippen LogP contribution in [0.5, 0.6) is 0 Å². The quantitative estimate of drug-likeness (QED) is 0.601. The fourth-order valence-electron chi connectivity index (χ4n) is 2.53. The van der Waals surface area contributed by atoms with Crippen molar-refractivity contribution in [2.75, 3.05) is 6.54 Å². The van der Waals surface area contributed by atoms with Crippen LogP contribution in [0.25, 0.3) is 0 Å². The number of benzene rings is 1. The van der Waals surface area contributed by atoms with Gasteiger partial charge in [-0.25, -0.2) is 0 Å². The number of hydrogen-bond donors (Lipinski definition) is 2. The normalized spacial score (nSPS) is 14.6. The van der Waals surface area contributed by atoms with Gasteiger partial charge in [-0.15, -0.1) is 0 Å². The standard InChI is InChI=1S/C18H18N4O2/c19-11-14(17(23)16-10-15(21-22-16)13-6-7-13)18(24)20-9-8-12-4-2-1-3-5-12/h1-5,10,13-14H,6-9H2,(H,20,24)(H,21,22)/t14-/m1/s1. The van der Waals surface area contributed by atoms with E-state index in [1.807, 2.05) is 30.3 Å². The Labute approximate surface area is 139 Å². The molecule has 0 unspecified atom stereocenters. The molecule has 0 spiro atoms. The van der Waals surface area contributed by atoms with Crippen molar-refractivity contribution >= 4 is 11.7 Å². The topological polar surface area (TPSA) is 98.6 Å². The van der Waals surface area contributed by atoms with E-state index >= 15 is 0 Å². The van der Waals surface area contributed by atoms with Crippen LogP contribution in [-0.4, -0.2) is 28.4 Å². The van der Waals surface area contributed by atoms with Crippen molar-refractivity contribution in [3.63, 3.8) is 0 Å². The van der Waals surface area contributed by atoms with Crippen LogP contribution in [0.1, 0.15) is 40.5 Å². The summed E-state index contributed by atoms with van der Waals surface area (Å²) in [7, 11) is 0. The lowest BCUT2D eigenvalue weighted by atomic mass is 10.0. The van der Waals surface area contributed by atoms with Crippen LogP contribution in [0.2, 0.25) is 0 Å². The second-order valence-electron chi connectivity index (χ2n) is 5.94. The molecule has 6 heteroatoms. The summed E-state index contributed by atoms with van der Waals surface area (Å²) in [6.45, 7) is 0.377. The molecule has 1 aliphatic carbocycles. The maximum absolute atomic E-state index is 12.3. The average molecular weight is 322 g/mol. The maximum Gasteiger partial charge on any atom is 0.245 e. The van der Waals surface area contributed by atoms with Gasteiger partial charge in [-0.1, -0.05) is 30.3 Å². The Balaban J connectivity index is 1.56. The van der Waals surface area contributed by atoms with Crippen LogP contribution < -0.4 is 5.32 Å². The summed E-state index contributed by atoms with van der Waals surface area (Å²) < 4.78 is 0. The zero-order chi connectivity index (χ0) is 16.9. The van der Waals surface area contributed by atoms with Gasteiger partial charge in [0.2, 0.25) is 11.7 Å². The van der Waals surface area contributed by atoms with E-state index in [0.29, 0.717) is 18.9 Å². The van der Waals surface area contributed by atoms with E-state index < -0.39 is 17.6 Å². The van der Waals surface area contributed by atoms with Gasteiger partial charge < -0.3 is 5.32 Å². The largest absolute Gasteiger partial charge is 0.354 e. The highest BCUT2D eigenvalue weighted by atomic mass is 16.2. The minimum absolute atomic E-state index is 0.154. The third-order valence-electron chi connectivity index (χ3n) is 4.08. The molecule has 2 aromatic rings. The van der Waals surface area contributed by atoms with E-state index in [9.17, 15) is 14.9 Å². The number of Topliss-reactive ketones (excluding diaryl/α,β-unsaturated/α-hetero) is 1. The van der Waals surface area contributed by atoms with Crippen molar-refractivity contribution in [2.45, 2.75) is 25.2 Å². The molecular weight excluding hydrogens is 304 g/mol. The second-order valence-corrected chi connectivity index (χ2v) is 5.94. The maximum atomic E-state index is 12.3. The molecule has 0 saturated heterocycles. The molecule has 1 atom stereocenters. The molecule has 1 heterocycles. The summed E-state index contributed by atoms with van der Waals surface area (Å²) in [5.41, 5.74) is 2.14. The number of rotatable bonds is 7. The lowest BCUT2D eigenvalue weighted by Gasteiger charge is -2.08. The number of H-pyrrole nitrogens is 1. The fraction of sp³-hybridized carbons (Fsp3) is 0.333. The number of nitrogens with zero attached hydrogens (tertiary/aromatic N) is 2. The number of ketones is 1. The summed E-state index contributed by atoms with van der Waals surface area (Å²) >= 11 is 0. The van der Waals surface area contributed by atoms with Crippen molar-refractivity contribution in [1.82, 2.24) is 15.5 Å². The molecule has 1 amide bonds. The van der Waals surface area contributed by atoms with Gasteiger partial charge >= 0.3 is 0 Å². The van der Waals surface area contributed by atoms with Crippen LogP contribution in [0.15, 0.2) is 36.4 Å². The monoisotopic (exact) mass is 322 g/mol. The Morgan fingerprint density at radius 3 is 2.75 bits per heavy atom. The SMILES string of the molecule is N#C[C@@H](C(=O)NCCc1ccccc1)C(=O)c1cc(C2CC2)[nH]n1. The number of hydrogen-bond acceptors (Lipinski definition) is 4. The molecule has 1 saturated carbocycles. The first kappa shape index (κ1) is 15.9. The van der Waals surface area contributed by atoms with E-state index in [4.69, 9.17) is 0 Å². The molecule has 1 aliphatic rings. The molecule has 1 aromatic carbocycles. The van der Waals surface area contributed by atoms with E-state index in [1.165, 1.54) is 0 Å². The van der Waals surface area contributed by atoms with Crippen LogP contribution in [-0.2, 0) is 11.2 Å². The Bertz CT molecular complexity index is 772. The van der Waals surface area contributed by atoms with Gasteiger partial charge in [0.1, 0.15) is 5.69 Å². The van der Waals surface area contributed by atoms with Crippen molar-refractivity contribution in [3.05, 3.63) is 53.3 Å². The van der Waals surface area contributed by atoms with E-state index in [2.05, 4.69) is 15.5 Å². The Kier molecular flexibility index (Phi) is 4.71. The molecule has 6 nitrogen and oxygen atoms in total. The number of amides is 1. The number of aromatic nitrogens is 2. The molecule has 0 aliphatic heterocycles. The number of carbonyl (C=O) groups excluding carboxylic acids is 2. The third kappa shape index (κ3) is 3.69. The van der Waals surface area contributed by atoms with Crippen LogP contribution in [0.3, 0.4) is 0 Å². The van der Waals surface area contributed by atoms with Gasteiger partial charge in [-0.2, -0.15) is 10.4 Å². The Morgan fingerprint density at radius 2 is 2.08 bits per heavy atom. The molecule has 2 N–H and O–H groups in total. The predicted molar refractivity (Wildman–Crippen MR) is 87.2 cm³/mol.